The number of rotatable bonds is 9. The minimum atomic E-state index is -3.69. The zero-order valence-electron chi connectivity index (χ0n) is 32.1. The molecule has 3 aliphatic heterocycles. The number of hydrogen-bond acceptors (Lipinski definition) is 14. The van der Waals surface area contributed by atoms with Crippen molar-refractivity contribution < 1.29 is 27.5 Å². The Kier molecular flexibility index (Phi) is 12.3. The van der Waals surface area contributed by atoms with Gasteiger partial charge in [0.1, 0.15) is 28.6 Å². The highest BCUT2D eigenvalue weighted by Crippen LogP contribution is 2.36. The number of nitrogens with zero attached hydrogens (tertiary/aromatic N) is 9. The summed E-state index contributed by atoms with van der Waals surface area (Å²) >= 11 is 5.88. The maximum absolute atomic E-state index is 13.2. The molecule has 0 bridgehead atoms. The number of aryl methyl sites for hydroxylation is 2. The van der Waals surface area contributed by atoms with Crippen molar-refractivity contribution in [3.63, 3.8) is 0 Å². The van der Waals surface area contributed by atoms with Crippen molar-refractivity contribution in [3.8, 4) is 17.1 Å². The molecule has 19 nitrogen and oxygen atoms in total. The first-order valence-corrected chi connectivity index (χ1v) is 20.7. The summed E-state index contributed by atoms with van der Waals surface area (Å²) in [5.74, 6) is 0.585. The molecule has 3 aliphatic rings. The predicted octanol–water partition coefficient (Wildman–Crippen LogP) is 2.49. The summed E-state index contributed by atoms with van der Waals surface area (Å²) in [6.07, 6.45) is 4.30. The van der Waals surface area contributed by atoms with Crippen molar-refractivity contribution in [2.24, 2.45) is 7.05 Å². The molecule has 0 radical (unpaired) electrons. The largest absolute Gasteiger partial charge is 0.493 e. The Balaban J connectivity index is 0.000000180. The molecule has 0 unspecified atom stereocenters. The van der Waals surface area contributed by atoms with E-state index in [1.165, 1.54) is 44.6 Å². The lowest BCUT2D eigenvalue weighted by Crippen LogP contribution is -2.47. The van der Waals surface area contributed by atoms with Gasteiger partial charge in [0.2, 0.25) is 16.3 Å². The van der Waals surface area contributed by atoms with Gasteiger partial charge in [-0.05, 0) is 43.7 Å². The van der Waals surface area contributed by atoms with Gasteiger partial charge in [-0.25, -0.2) is 33.1 Å². The first-order valence-electron chi connectivity index (χ1n) is 18.9. The maximum atomic E-state index is 13.2. The van der Waals surface area contributed by atoms with Gasteiger partial charge in [0.15, 0.2) is 11.2 Å². The van der Waals surface area contributed by atoms with E-state index >= 15 is 0 Å². The topological polar surface area (TPSA) is 223 Å². The van der Waals surface area contributed by atoms with E-state index in [2.05, 4.69) is 40.7 Å². The van der Waals surface area contributed by atoms with Crippen LogP contribution in [-0.4, -0.2) is 123 Å². The second kappa shape index (κ2) is 17.5. The van der Waals surface area contributed by atoms with Crippen LogP contribution in [0.4, 0.5) is 10.6 Å². The molecule has 2 saturated heterocycles. The molecule has 21 heteroatoms. The van der Waals surface area contributed by atoms with Crippen LogP contribution < -0.4 is 25.8 Å². The number of fused-ring (bicyclic) bond motifs is 2. The van der Waals surface area contributed by atoms with Crippen molar-refractivity contribution in [1.29, 1.82) is 0 Å². The molecular weight excluding hydrogens is 792 g/mol. The Labute approximate surface area is 338 Å². The van der Waals surface area contributed by atoms with E-state index in [9.17, 15) is 22.8 Å². The maximum Gasteiger partial charge on any atom is 0.412 e. The monoisotopic (exact) mass is 834 g/mol. The minimum absolute atomic E-state index is 0.139. The quantitative estimate of drug-likeness (QED) is 0.194. The second-order valence-corrected chi connectivity index (χ2v) is 15.8. The lowest BCUT2D eigenvalue weighted by atomic mass is 10.1. The number of piperazine rings is 2. The fourth-order valence-electron chi connectivity index (χ4n) is 6.85. The normalized spacial score (nSPS) is 17.2. The van der Waals surface area contributed by atoms with E-state index < -0.39 is 28.3 Å². The summed E-state index contributed by atoms with van der Waals surface area (Å²) in [5, 5.41) is 11.2. The number of hydrogen-bond donors (Lipinski definition) is 3. The lowest BCUT2D eigenvalue weighted by molar-refractivity contribution is 0.0565. The molecule has 4 aromatic heterocycles. The van der Waals surface area contributed by atoms with Gasteiger partial charge in [0, 0.05) is 78.0 Å². The number of H-pyrrole nitrogens is 1. The molecule has 306 valence electrons. The summed E-state index contributed by atoms with van der Waals surface area (Å²) in [6, 6.07) is 7.87. The van der Waals surface area contributed by atoms with E-state index in [4.69, 9.17) is 21.1 Å². The Hall–Kier alpha value is -5.54. The van der Waals surface area contributed by atoms with Gasteiger partial charge >= 0.3 is 6.09 Å². The van der Waals surface area contributed by atoms with Crippen molar-refractivity contribution >= 4 is 50.5 Å². The van der Waals surface area contributed by atoms with Gasteiger partial charge in [-0.2, -0.15) is 9.40 Å². The number of aromatic amines is 1. The number of carbonyl (C=O) groups excluding carboxylic acids is 2. The molecule has 1 atom stereocenters. The molecular formula is C37H43ClN12O7S. The third kappa shape index (κ3) is 8.23. The lowest BCUT2D eigenvalue weighted by Gasteiger charge is -2.30. The highest BCUT2D eigenvalue weighted by molar-refractivity contribution is 7.89. The van der Waals surface area contributed by atoms with Gasteiger partial charge in [-0.3, -0.25) is 19.3 Å². The second-order valence-electron chi connectivity index (χ2n) is 13.5. The molecule has 0 spiro atoms. The number of pyridine rings is 1. The number of aromatic nitrogens is 7. The van der Waals surface area contributed by atoms with Crippen LogP contribution in [0.2, 0.25) is 5.02 Å². The molecule has 5 aromatic rings. The fraction of sp³-hybridized carbons (Fsp3) is 0.405. The first kappa shape index (κ1) is 40.6. The van der Waals surface area contributed by atoms with Crippen LogP contribution >= 0.6 is 11.6 Å². The standard InChI is InChI=1S/C21H28N6O4S.C16H15ClN6O3/c1-4-6-16-18-19(26(3)25-16)21(28)24-20(23-18)15-13-14(7-8-17(15)31-5-2)32(29,30)27-11-9-22-10-12-27;17-10-1-2-11(21-9-10)23-14(24)12-13(20-4-3-19-12)15(23)26-16(25)22-7-5-18-6-8-22/h7-8,13,22H,4-6,9-12H2,1-3H3,(H,23,24,28);1-4,9,15,18H,5-8H2/t;15-/m.0/s1. The number of sulfonamides is 1. The van der Waals surface area contributed by atoms with Gasteiger partial charge < -0.3 is 30.0 Å². The first-order chi connectivity index (χ1) is 28.0. The predicted molar refractivity (Wildman–Crippen MR) is 213 cm³/mol. The van der Waals surface area contributed by atoms with Gasteiger partial charge in [-0.15, -0.1) is 0 Å². The minimum Gasteiger partial charge on any atom is -0.493 e. The molecule has 2 fully saturated rings. The van der Waals surface area contributed by atoms with E-state index in [1.54, 1.807) is 30.1 Å². The van der Waals surface area contributed by atoms with Crippen LogP contribution in [0.1, 0.15) is 48.4 Å². The molecule has 7 heterocycles. The number of halogens is 1. The van der Waals surface area contributed by atoms with Crippen molar-refractivity contribution in [2.75, 3.05) is 63.9 Å². The summed E-state index contributed by atoms with van der Waals surface area (Å²) in [5.41, 5.74) is 2.17. The van der Waals surface area contributed by atoms with E-state index in [1.807, 2.05) is 13.8 Å². The zero-order valence-corrected chi connectivity index (χ0v) is 33.7. The van der Waals surface area contributed by atoms with Crippen LogP contribution in [0, 0.1) is 0 Å². The van der Waals surface area contributed by atoms with E-state index in [0.29, 0.717) is 98.6 Å². The van der Waals surface area contributed by atoms with Gasteiger partial charge in [0.05, 0.1) is 27.8 Å². The number of amides is 2. The smallest absolute Gasteiger partial charge is 0.412 e. The van der Waals surface area contributed by atoms with E-state index in [0.717, 1.165) is 12.1 Å². The molecule has 2 amide bonds. The molecule has 58 heavy (non-hydrogen) atoms. The molecule has 0 saturated carbocycles. The molecule has 1 aromatic carbocycles. The SMILES string of the molecule is CCCc1nn(C)c2c(=O)[nH]c(-c3cc(S(=O)(=O)N4CCNCC4)ccc3OCC)nc12.O=C(O[C@H]1c2nccnc2C(=O)N1c1ccc(Cl)cn1)N1CCNCC1. The zero-order chi connectivity index (χ0) is 41.0. The number of benzene rings is 1. The summed E-state index contributed by atoms with van der Waals surface area (Å²) in [6.45, 7) is 8.74. The molecule has 0 aliphatic carbocycles. The van der Waals surface area contributed by atoms with E-state index in [-0.39, 0.29) is 27.7 Å². The average Bonchev–Trinajstić information content (AvgIpc) is 3.71. The Morgan fingerprint density at radius 1 is 0.966 bits per heavy atom. The Morgan fingerprint density at radius 2 is 1.69 bits per heavy atom. The summed E-state index contributed by atoms with van der Waals surface area (Å²) < 4.78 is 40.8. The highest BCUT2D eigenvalue weighted by atomic mass is 35.5. The van der Waals surface area contributed by atoms with Gasteiger partial charge in [-0.1, -0.05) is 24.9 Å². The number of ether oxygens (including phenoxy) is 2. The fourth-order valence-corrected chi connectivity index (χ4v) is 8.43. The third-order valence-corrected chi connectivity index (χ3v) is 11.7. The number of nitrogens with one attached hydrogen (secondary N) is 3. The van der Waals surface area contributed by atoms with Crippen LogP contribution in [0.3, 0.4) is 0 Å². The molecule has 3 N–H and O–H groups in total. The number of carbonyl (C=O) groups is 2. The van der Waals surface area contributed by atoms with Crippen LogP contribution in [-0.2, 0) is 28.2 Å². The highest BCUT2D eigenvalue weighted by Gasteiger charge is 2.44. The van der Waals surface area contributed by atoms with Crippen molar-refractivity contribution in [3.05, 3.63) is 81.4 Å². The van der Waals surface area contributed by atoms with Crippen LogP contribution in [0.5, 0.6) is 5.75 Å². The Bertz CT molecular complexity index is 2470. The van der Waals surface area contributed by atoms with Gasteiger partial charge in [0.25, 0.3) is 11.5 Å². The molecule has 8 rings (SSSR count). The third-order valence-electron chi connectivity index (χ3n) is 9.63. The van der Waals surface area contributed by atoms with Crippen molar-refractivity contribution in [1.82, 2.24) is 54.5 Å². The summed E-state index contributed by atoms with van der Waals surface area (Å²) in [7, 11) is -1.98. The summed E-state index contributed by atoms with van der Waals surface area (Å²) in [4.78, 5) is 61.1. The van der Waals surface area contributed by atoms with Crippen molar-refractivity contribution in [2.45, 2.75) is 37.8 Å². The Morgan fingerprint density at radius 3 is 2.38 bits per heavy atom. The average molecular weight is 835 g/mol. The number of anilines is 1. The van der Waals surface area contributed by atoms with Crippen LogP contribution in [0.25, 0.3) is 22.4 Å². The van der Waals surface area contributed by atoms with Crippen LogP contribution in [0.15, 0.2) is 58.6 Å².